The van der Waals surface area contributed by atoms with Gasteiger partial charge in [0.05, 0.1) is 30.2 Å². The Hall–Kier alpha value is -0.660. The second-order valence-corrected chi connectivity index (χ2v) is 7.92. The molecule has 1 rings (SSSR count). The number of rotatable bonds is 6. The minimum Gasteiger partial charge on any atom is -0.395 e. The molecular formula is C12H24N2O4S. The Balaban J connectivity index is 2.55. The van der Waals surface area contributed by atoms with E-state index in [2.05, 4.69) is 5.32 Å². The van der Waals surface area contributed by atoms with E-state index < -0.39 is 15.4 Å². The van der Waals surface area contributed by atoms with Crippen molar-refractivity contribution in [2.45, 2.75) is 38.8 Å². The molecule has 0 bridgehead atoms. The van der Waals surface area contributed by atoms with Crippen molar-refractivity contribution in [1.29, 1.82) is 0 Å². The molecule has 1 atom stereocenters. The lowest BCUT2D eigenvalue weighted by atomic mass is 10.0. The highest BCUT2D eigenvalue weighted by Gasteiger charge is 2.39. The van der Waals surface area contributed by atoms with Crippen LogP contribution in [0.1, 0.15) is 27.2 Å². The molecule has 0 aromatic rings. The van der Waals surface area contributed by atoms with Gasteiger partial charge in [-0.25, -0.2) is 8.42 Å². The molecule has 0 spiro atoms. The van der Waals surface area contributed by atoms with E-state index >= 15 is 0 Å². The van der Waals surface area contributed by atoms with Gasteiger partial charge in [-0.2, -0.15) is 0 Å². The first kappa shape index (κ1) is 16.4. The summed E-state index contributed by atoms with van der Waals surface area (Å²) in [6.45, 7) is 6.27. The average Bonchev–Trinajstić information content (AvgIpc) is 2.51. The smallest absolute Gasteiger partial charge is 0.234 e. The number of nitrogens with zero attached hydrogens (tertiary/aromatic N) is 1. The predicted octanol–water partition coefficient (Wildman–Crippen LogP) is -0.617. The van der Waals surface area contributed by atoms with Crippen molar-refractivity contribution >= 4 is 15.7 Å². The van der Waals surface area contributed by atoms with Crippen molar-refractivity contribution in [3.8, 4) is 0 Å². The molecule has 6 nitrogen and oxygen atoms in total. The molecule has 0 radical (unpaired) electrons. The van der Waals surface area contributed by atoms with Crippen molar-refractivity contribution in [1.82, 2.24) is 10.2 Å². The molecule has 0 aromatic heterocycles. The Morgan fingerprint density at radius 2 is 2.11 bits per heavy atom. The van der Waals surface area contributed by atoms with E-state index in [0.717, 1.165) is 0 Å². The van der Waals surface area contributed by atoms with E-state index in [4.69, 9.17) is 5.11 Å². The number of amides is 1. The lowest BCUT2D eigenvalue weighted by molar-refractivity contribution is -0.124. The van der Waals surface area contributed by atoms with Gasteiger partial charge in [0.2, 0.25) is 5.91 Å². The first-order valence-electron chi connectivity index (χ1n) is 6.54. The molecule has 0 saturated carbocycles. The monoisotopic (exact) mass is 292 g/mol. The summed E-state index contributed by atoms with van der Waals surface area (Å²) in [4.78, 5) is 13.8. The van der Waals surface area contributed by atoms with Gasteiger partial charge >= 0.3 is 0 Å². The van der Waals surface area contributed by atoms with Crippen molar-refractivity contribution in [2.24, 2.45) is 0 Å². The first-order chi connectivity index (χ1) is 8.67. The third-order valence-electron chi connectivity index (χ3n) is 3.41. The maximum absolute atomic E-state index is 12.0. The molecule has 112 valence electrons. The van der Waals surface area contributed by atoms with Gasteiger partial charge in [0, 0.05) is 12.6 Å². The van der Waals surface area contributed by atoms with Crippen molar-refractivity contribution < 1.29 is 18.3 Å². The lowest BCUT2D eigenvalue weighted by Gasteiger charge is -2.28. The fourth-order valence-electron chi connectivity index (χ4n) is 2.32. The summed E-state index contributed by atoms with van der Waals surface area (Å²) in [7, 11) is -3.02. The van der Waals surface area contributed by atoms with Crippen LogP contribution in [0.2, 0.25) is 0 Å². The minimum absolute atomic E-state index is 0.00287. The van der Waals surface area contributed by atoms with Crippen LogP contribution in [0.15, 0.2) is 0 Å². The summed E-state index contributed by atoms with van der Waals surface area (Å²) in [6.07, 6.45) is 0.461. The number of aliphatic hydroxyl groups excluding tert-OH is 1. The second-order valence-electron chi connectivity index (χ2n) is 5.74. The van der Waals surface area contributed by atoms with Crippen LogP contribution in [0.4, 0.5) is 0 Å². The maximum atomic E-state index is 12.0. The van der Waals surface area contributed by atoms with Crippen LogP contribution < -0.4 is 5.32 Å². The molecule has 0 aromatic carbocycles. The quantitative estimate of drug-likeness (QED) is 0.681. The van der Waals surface area contributed by atoms with Gasteiger partial charge in [0.1, 0.15) is 0 Å². The fourth-order valence-corrected chi connectivity index (χ4v) is 4.41. The van der Waals surface area contributed by atoms with E-state index in [1.165, 1.54) is 0 Å². The van der Waals surface area contributed by atoms with Gasteiger partial charge < -0.3 is 10.4 Å². The number of hydrogen-bond donors (Lipinski definition) is 2. The molecule has 1 aliphatic rings. The molecule has 19 heavy (non-hydrogen) atoms. The van der Waals surface area contributed by atoms with E-state index in [1.807, 2.05) is 18.7 Å². The molecule has 1 unspecified atom stereocenters. The Morgan fingerprint density at radius 3 is 2.53 bits per heavy atom. The Kier molecular flexibility index (Phi) is 5.34. The Labute approximate surface area is 115 Å². The van der Waals surface area contributed by atoms with Crippen molar-refractivity contribution in [2.75, 3.05) is 31.2 Å². The first-order valence-corrected chi connectivity index (χ1v) is 8.36. The van der Waals surface area contributed by atoms with Gasteiger partial charge in [-0.3, -0.25) is 9.69 Å². The second kappa shape index (κ2) is 6.19. The summed E-state index contributed by atoms with van der Waals surface area (Å²) in [5.41, 5.74) is -0.655. The van der Waals surface area contributed by atoms with Gasteiger partial charge in [-0.15, -0.1) is 0 Å². The third kappa shape index (κ3) is 5.08. The number of hydrogen-bond acceptors (Lipinski definition) is 5. The highest BCUT2D eigenvalue weighted by Crippen LogP contribution is 2.22. The lowest BCUT2D eigenvalue weighted by Crippen LogP contribution is -2.51. The number of sulfone groups is 1. The van der Waals surface area contributed by atoms with Gasteiger partial charge in [-0.1, -0.05) is 0 Å². The molecular weight excluding hydrogens is 268 g/mol. The largest absolute Gasteiger partial charge is 0.395 e. The van der Waals surface area contributed by atoms with E-state index in [0.29, 0.717) is 13.0 Å². The van der Waals surface area contributed by atoms with Crippen molar-refractivity contribution in [3.05, 3.63) is 0 Å². The summed E-state index contributed by atoms with van der Waals surface area (Å²) in [5, 5.41) is 11.8. The Morgan fingerprint density at radius 1 is 1.47 bits per heavy atom. The van der Waals surface area contributed by atoms with E-state index in [9.17, 15) is 13.2 Å². The van der Waals surface area contributed by atoms with Gasteiger partial charge in [0.15, 0.2) is 9.84 Å². The number of carbonyl (C=O) groups excluding carboxylic acids is 1. The summed E-state index contributed by atoms with van der Waals surface area (Å²) in [5.74, 6) is -0.0522. The summed E-state index contributed by atoms with van der Waals surface area (Å²) < 4.78 is 22.9. The van der Waals surface area contributed by atoms with E-state index in [-0.39, 0.29) is 36.6 Å². The van der Waals surface area contributed by atoms with Gasteiger partial charge in [0.25, 0.3) is 0 Å². The molecule has 1 fully saturated rings. The Bertz CT molecular complexity index is 421. The van der Waals surface area contributed by atoms with Crippen LogP contribution >= 0.6 is 0 Å². The zero-order valence-corrected chi connectivity index (χ0v) is 12.7. The third-order valence-corrected chi connectivity index (χ3v) is 5.31. The van der Waals surface area contributed by atoms with E-state index in [1.54, 1.807) is 6.92 Å². The average molecular weight is 292 g/mol. The summed E-state index contributed by atoms with van der Waals surface area (Å²) in [6, 6.07) is 0.151. The number of carbonyl (C=O) groups is 1. The molecule has 2 N–H and O–H groups in total. The highest BCUT2D eigenvalue weighted by molar-refractivity contribution is 7.91. The number of aliphatic hydroxyl groups is 1. The standard InChI is InChI=1S/C12H24N2O4S/c1-10(2)14(5-6-15)8-11(16)13-12(3)4-7-19(17,18)9-12/h10,15H,4-9H2,1-3H3,(H,13,16). The van der Waals surface area contributed by atoms with Crippen LogP contribution in [0.5, 0.6) is 0 Å². The molecule has 7 heteroatoms. The topological polar surface area (TPSA) is 86.7 Å². The van der Waals surface area contributed by atoms with Crippen LogP contribution in [0.3, 0.4) is 0 Å². The van der Waals surface area contributed by atoms with Gasteiger partial charge in [-0.05, 0) is 27.2 Å². The zero-order chi connectivity index (χ0) is 14.7. The molecule has 1 saturated heterocycles. The maximum Gasteiger partial charge on any atom is 0.234 e. The SMILES string of the molecule is CC(C)N(CCO)CC(=O)NC1(C)CCS(=O)(=O)C1. The molecule has 1 amide bonds. The minimum atomic E-state index is -3.02. The van der Waals surface area contributed by atoms with Crippen LogP contribution in [-0.2, 0) is 14.6 Å². The summed E-state index contributed by atoms with van der Waals surface area (Å²) >= 11 is 0. The zero-order valence-electron chi connectivity index (χ0n) is 11.8. The predicted molar refractivity (Wildman–Crippen MR) is 73.6 cm³/mol. The molecule has 0 aliphatic carbocycles. The van der Waals surface area contributed by atoms with Crippen LogP contribution in [0.25, 0.3) is 0 Å². The highest BCUT2D eigenvalue weighted by atomic mass is 32.2. The van der Waals surface area contributed by atoms with Crippen molar-refractivity contribution in [3.63, 3.8) is 0 Å². The fraction of sp³-hybridized carbons (Fsp3) is 0.917. The molecule has 1 aliphatic heterocycles. The molecule has 1 heterocycles. The van der Waals surface area contributed by atoms with Crippen LogP contribution in [0, 0.1) is 0 Å². The number of nitrogens with one attached hydrogen (secondary N) is 1. The van der Waals surface area contributed by atoms with Crippen LogP contribution in [-0.4, -0.2) is 67.1 Å². The normalized spacial score (nSPS) is 26.0.